The fourth-order valence-corrected chi connectivity index (χ4v) is 1.91. The van der Waals surface area contributed by atoms with Gasteiger partial charge in [0.25, 0.3) is 0 Å². The minimum Gasteiger partial charge on any atom is -0.497 e. The zero-order valence-electron chi connectivity index (χ0n) is 10.2. The quantitative estimate of drug-likeness (QED) is 0.726. The van der Waals surface area contributed by atoms with Gasteiger partial charge < -0.3 is 4.74 Å². The molecule has 0 radical (unpaired) electrons. The Balaban J connectivity index is 2.70. The fourth-order valence-electron chi connectivity index (χ4n) is 1.91. The van der Waals surface area contributed by atoms with E-state index in [-0.39, 0.29) is 5.41 Å². The van der Waals surface area contributed by atoms with E-state index in [4.69, 9.17) is 4.74 Å². The highest BCUT2D eigenvalue weighted by Gasteiger charge is 2.16. The predicted octanol–water partition coefficient (Wildman–Crippen LogP) is 3.54. The summed E-state index contributed by atoms with van der Waals surface area (Å²) in [6.45, 7) is 6.64. The Morgan fingerprint density at radius 3 is 2.50 bits per heavy atom. The number of pyridine rings is 1. The molecule has 2 heteroatoms. The molecular weight excluding hydrogens is 198 g/mol. The zero-order valence-corrected chi connectivity index (χ0v) is 10.2. The topological polar surface area (TPSA) is 22.1 Å². The van der Waals surface area contributed by atoms with Crippen LogP contribution in [0.25, 0.3) is 10.9 Å². The molecule has 0 amide bonds. The molecule has 0 aliphatic rings. The number of methoxy groups -OCH3 is 1. The van der Waals surface area contributed by atoms with Crippen molar-refractivity contribution in [3.63, 3.8) is 0 Å². The molecule has 0 unspecified atom stereocenters. The molecule has 2 rings (SSSR count). The summed E-state index contributed by atoms with van der Waals surface area (Å²) >= 11 is 0. The maximum Gasteiger partial charge on any atom is 0.121 e. The smallest absolute Gasteiger partial charge is 0.121 e. The van der Waals surface area contributed by atoms with Crippen molar-refractivity contribution >= 4 is 10.9 Å². The Kier molecular flexibility index (Phi) is 2.58. The highest BCUT2D eigenvalue weighted by Crippen LogP contribution is 2.30. The molecule has 0 saturated carbocycles. The summed E-state index contributed by atoms with van der Waals surface area (Å²) in [6.07, 6.45) is 1.86. The average molecular weight is 215 g/mol. The highest BCUT2D eigenvalue weighted by molar-refractivity contribution is 5.84. The second-order valence-corrected chi connectivity index (χ2v) is 4.99. The lowest BCUT2D eigenvalue weighted by atomic mass is 9.85. The molecule has 0 aliphatic carbocycles. The predicted molar refractivity (Wildman–Crippen MR) is 67.0 cm³/mol. The standard InChI is InChI=1S/C14H17NO/c1-14(2,3)12-7-8-15-13-9-10(16-4)5-6-11(12)13/h5-9H,1-4H3. The molecule has 84 valence electrons. The van der Waals surface area contributed by atoms with Crippen LogP contribution >= 0.6 is 0 Å². The van der Waals surface area contributed by atoms with Gasteiger partial charge in [0.2, 0.25) is 0 Å². The zero-order chi connectivity index (χ0) is 11.8. The van der Waals surface area contributed by atoms with Crippen molar-refractivity contribution in [1.29, 1.82) is 0 Å². The van der Waals surface area contributed by atoms with Gasteiger partial charge in [-0.1, -0.05) is 20.8 Å². The van der Waals surface area contributed by atoms with Gasteiger partial charge in [-0.15, -0.1) is 0 Å². The van der Waals surface area contributed by atoms with Crippen molar-refractivity contribution in [3.05, 3.63) is 36.0 Å². The van der Waals surface area contributed by atoms with Crippen LogP contribution in [0.15, 0.2) is 30.5 Å². The van der Waals surface area contributed by atoms with E-state index >= 15 is 0 Å². The Morgan fingerprint density at radius 1 is 1.12 bits per heavy atom. The van der Waals surface area contributed by atoms with Crippen molar-refractivity contribution in [2.24, 2.45) is 0 Å². The van der Waals surface area contributed by atoms with E-state index in [0.29, 0.717) is 0 Å². The monoisotopic (exact) mass is 215 g/mol. The van der Waals surface area contributed by atoms with Crippen LogP contribution in [0.5, 0.6) is 5.75 Å². The van der Waals surface area contributed by atoms with Crippen LogP contribution in [0.4, 0.5) is 0 Å². The molecule has 0 saturated heterocycles. The molecule has 1 heterocycles. The van der Waals surface area contributed by atoms with Crippen LogP contribution in [0, 0.1) is 0 Å². The van der Waals surface area contributed by atoms with Crippen LogP contribution in [0.1, 0.15) is 26.3 Å². The molecule has 0 fully saturated rings. The van der Waals surface area contributed by atoms with Gasteiger partial charge >= 0.3 is 0 Å². The van der Waals surface area contributed by atoms with Gasteiger partial charge in [-0.2, -0.15) is 0 Å². The third-order valence-corrected chi connectivity index (χ3v) is 2.76. The second-order valence-electron chi connectivity index (χ2n) is 4.99. The van der Waals surface area contributed by atoms with E-state index in [9.17, 15) is 0 Å². The first kappa shape index (κ1) is 10.9. The lowest BCUT2D eigenvalue weighted by Gasteiger charge is -2.21. The van der Waals surface area contributed by atoms with Crippen LogP contribution in [0.2, 0.25) is 0 Å². The summed E-state index contributed by atoms with van der Waals surface area (Å²) in [5.41, 5.74) is 2.45. The molecule has 1 aromatic carbocycles. The summed E-state index contributed by atoms with van der Waals surface area (Å²) < 4.78 is 5.21. The number of aromatic nitrogens is 1. The number of fused-ring (bicyclic) bond motifs is 1. The number of hydrogen-bond donors (Lipinski definition) is 0. The van der Waals surface area contributed by atoms with Gasteiger partial charge in [-0.25, -0.2) is 0 Å². The molecule has 0 bridgehead atoms. The van der Waals surface area contributed by atoms with Crippen molar-refractivity contribution in [2.45, 2.75) is 26.2 Å². The van der Waals surface area contributed by atoms with E-state index < -0.39 is 0 Å². The largest absolute Gasteiger partial charge is 0.497 e. The first-order valence-corrected chi connectivity index (χ1v) is 5.45. The molecule has 1 aromatic heterocycles. The van der Waals surface area contributed by atoms with Crippen LogP contribution in [-0.4, -0.2) is 12.1 Å². The lowest BCUT2D eigenvalue weighted by molar-refractivity contribution is 0.415. The summed E-state index contributed by atoms with van der Waals surface area (Å²) in [4.78, 5) is 4.38. The van der Waals surface area contributed by atoms with Gasteiger partial charge in [-0.3, -0.25) is 4.98 Å². The van der Waals surface area contributed by atoms with Crippen molar-refractivity contribution in [1.82, 2.24) is 4.98 Å². The van der Waals surface area contributed by atoms with Crippen LogP contribution in [0.3, 0.4) is 0 Å². The molecule has 16 heavy (non-hydrogen) atoms. The van der Waals surface area contributed by atoms with Crippen LogP contribution in [-0.2, 0) is 5.41 Å². The number of ether oxygens (including phenoxy) is 1. The SMILES string of the molecule is COc1ccc2c(C(C)(C)C)ccnc2c1. The minimum absolute atomic E-state index is 0.135. The van der Waals surface area contributed by atoms with Crippen LogP contribution < -0.4 is 4.74 Å². The summed E-state index contributed by atoms with van der Waals surface area (Å²) in [6, 6.07) is 8.14. The van der Waals surface area contributed by atoms with Gasteiger partial charge in [-0.05, 0) is 29.2 Å². The van der Waals surface area contributed by atoms with E-state index in [1.165, 1.54) is 10.9 Å². The normalized spacial score (nSPS) is 11.8. The molecule has 0 aliphatic heterocycles. The maximum absolute atomic E-state index is 5.21. The van der Waals surface area contributed by atoms with Crippen molar-refractivity contribution in [3.8, 4) is 5.75 Å². The fraction of sp³-hybridized carbons (Fsp3) is 0.357. The number of rotatable bonds is 1. The minimum atomic E-state index is 0.135. The van der Waals surface area contributed by atoms with Crippen molar-refractivity contribution in [2.75, 3.05) is 7.11 Å². The lowest BCUT2D eigenvalue weighted by Crippen LogP contribution is -2.11. The van der Waals surface area contributed by atoms with Crippen molar-refractivity contribution < 1.29 is 4.74 Å². The van der Waals surface area contributed by atoms with E-state index in [1.807, 2.05) is 18.3 Å². The van der Waals surface area contributed by atoms with Gasteiger partial charge in [0, 0.05) is 17.6 Å². The first-order valence-electron chi connectivity index (χ1n) is 5.45. The van der Waals surface area contributed by atoms with E-state index in [0.717, 1.165) is 11.3 Å². The average Bonchev–Trinajstić information content (AvgIpc) is 2.26. The van der Waals surface area contributed by atoms with Gasteiger partial charge in [0.15, 0.2) is 0 Å². The first-order chi connectivity index (χ1) is 7.52. The summed E-state index contributed by atoms with van der Waals surface area (Å²) in [5.74, 6) is 0.853. The Bertz CT molecular complexity index is 512. The Hall–Kier alpha value is -1.57. The second kappa shape index (κ2) is 3.78. The molecule has 0 atom stereocenters. The van der Waals surface area contributed by atoms with E-state index in [2.05, 4.69) is 37.9 Å². The number of hydrogen-bond acceptors (Lipinski definition) is 2. The number of nitrogens with zero attached hydrogens (tertiary/aromatic N) is 1. The van der Waals surface area contributed by atoms with E-state index in [1.54, 1.807) is 7.11 Å². The maximum atomic E-state index is 5.21. The molecule has 2 nitrogen and oxygen atoms in total. The molecule has 2 aromatic rings. The van der Waals surface area contributed by atoms with Gasteiger partial charge in [0.1, 0.15) is 5.75 Å². The molecular formula is C14H17NO. The Labute approximate surface area is 96.3 Å². The van der Waals surface area contributed by atoms with Gasteiger partial charge in [0.05, 0.1) is 12.6 Å². The third kappa shape index (κ3) is 1.87. The molecule has 0 spiro atoms. The Morgan fingerprint density at radius 2 is 1.88 bits per heavy atom. The summed E-state index contributed by atoms with van der Waals surface area (Å²) in [5, 5.41) is 1.20. The third-order valence-electron chi connectivity index (χ3n) is 2.76. The summed E-state index contributed by atoms with van der Waals surface area (Å²) in [7, 11) is 1.68. The highest BCUT2D eigenvalue weighted by atomic mass is 16.5. The molecule has 0 N–H and O–H groups in total. The number of benzene rings is 1.